The van der Waals surface area contributed by atoms with E-state index >= 15 is 0 Å². The van der Waals surface area contributed by atoms with Gasteiger partial charge in [0.05, 0.1) is 0 Å². The smallest absolute Gasteiger partial charge is 0.292 e. The van der Waals surface area contributed by atoms with Gasteiger partial charge in [-0.25, -0.2) is 4.68 Å². The fraction of sp³-hybridized carbons (Fsp3) is 0.591. The minimum atomic E-state index is -1.16. The lowest BCUT2D eigenvalue weighted by Crippen LogP contribution is -2.58. The Labute approximate surface area is 179 Å². The SMILES string of the molecule is CC(C)c1nn(C(C)(C(N)=O)[C@@H]2CCCN(C3CC3)C2)c(=O)c2cc3ccsc3n12. The van der Waals surface area contributed by atoms with Crippen LogP contribution in [0, 0.1) is 5.92 Å². The van der Waals surface area contributed by atoms with Crippen LogP contribution in [0.3, 0.4) is 0 Å². The number of primary amides is 1. The highest BCUT2D eigenvalue weighted by molar-refractivity contribution is 7.16. The molecule has 160 valence electrons. The number of aromatic nitrogens is 3. The Balaban J connectivity index is 1.71. The standard InChI is InChI=1S/C22H29N5O2S/c1-13(2)18-24-27(19(28)17-11-14-8-10-30-20(14)26(17)18)22(3,21(23)29)15-5-4-9-25(12-15)16-6-7-16/h8,10-11,13,15-16H,4-7,9,12H2,1-3H3,(H2,23,29)/t15-,22?/m1/s1. The first kappa shape index (κ1) is 19.8. The minimum Gasteiger partial charge on any atom is -0.368 e. The minimum absolute atomic E-state index is 0.0342. The molecule has 5 rings (SSSR count). The first-order chi connectivity index (χ1) is 14.3. The van der Waals surface area contributed by atoms with Gasteiger partial charge in [-0.2, -0.15) is 5.10 Å². The number of carbonyl (C=O) groups excluding carboxylic acids is 1. The van der Waals surface area contributed by atoms with Gasteiger partial charge in [0.15, 0.2) is 0 Å². The van der Waals surface area contributed by atoms with Gasteiger partial charge in [-0.3, -0.25) is 14.0 Å². The normalized spacial score (nSPS) is 22.7. The van der Waals surface area contributed by atoms with Crippen LogP contribution in [-0.2, 0) is 10.3 Å². The molecule has 3 aromatic rings. The molecule has 4 heterocycles. The summed E-state index contributed by atoms with van der Waals surface area (Å²) in [6.45, 7) is 7.79. The third-order valence-electron chi connectivity index (χ3n) is 7.02. The Bertz CT molecular complexity index is 1190. The Morgan fingerprint density at radius 2 is 2.10 bits per heavy atom. The molecule has 2 atom stereocenters. The molecule has 0 aromatic carbocycles. The summed E-state index contributed by atoms with van der Waals surface area (Å²) in [6.07, 6.45) is 4.33. The summed E-state index contributed by atoms with van der Waals surface area (Å²) in [6, 6.07) is 4.56. The van der Waals surface area contributed by atoms with Crippen LogP contribution in [-0.4, -0.2) is 44.1 Å². The summed E-state index contributed by atoms with van der Waals surface area (Å²) in [5.41, 5.74) is 5.17. The van der Waals surface area contributed by atoms with E-state index in [9.17, 15) is 9.59 Å². The first-order valence-electron chi connectivity index (χ1n) is 10.9. The topological polar surface area (TPSA) is 85.6 Å². The van der Waals surface area contributed by atoms with Crippen LogP contribution < -0.4 is 11.3 Å². The van der Waals surface area contributed by atoms with Gasteiger partial charge in [-0.15, -0.1) is 11.3 Å². The predicted octanol–water partition coefficient (Wildman–Crippen LogP) is 2.91. The number of piperidine rings is 1. The van der Waals surface area contributed by atoms with E-state index in [1.165, 1.54) is 17.5 Å². The molecule has 1 saturated heterocycles. The van der Waals surface area contributed by atoms with Crippen LogP contribution in [0.4, 0.5) is 0 Å². The van der Waals surface area contributed by atoms with Crippen LogP contribution in [0.1, 0.15) is 58.2 Å². The maximum Gasteiger partial charge on any atom is 0.292 e. The highest BCUT2D eigenvalue weighted by atomic mass is 32.1. The van der Waals surface area contributed by atoms with Gasteiger partial charge in [0.2, 0.25) is 5.91 Å². The van der Waals surface area contributed by atoms with E-state index < -0.39 is 11.4 Å². The third-order valence-corrected chi connectivity index (χ3v) is 7.93. The molecule has 1 aliphatic carbocycles. The van der Waals surface area contributed by atoms with Crippen molar-refractivity contribution in [1.82, 2.24) is 19.1 Å². The second-order valence-corrected chi connectivity index (χ2v) is 10.2. The molecular formula is C22H29N5O2S. The Kier molecular flexibility index (Phi) is 4.56. The number of nitrogens with two attached hydrogens (primary N) is 1. The number of nitrogens with zero attached hydrogens (tertiary/aromatic N) is 4. The largest absolute Gasteiger partial charge is 0.368 e. The van der Waals surface area contributed by atoms with Gasteiger partial charge in [0.25, 0.3) is 5.56 Å². The van der Waals surface area contributed by atoms with Crippen LogP contribution in [0.15, 0.2) is 22.3 Å². The van der Waals surface area contributed by atoms with Crippen LogP contribution in [0.5, 0.6) is 0 Å². The number of fused-ring (bicyclic) bond motifs is 3. The zero-order chi connectivity index (χ0) is 21.2. The van der Waals surface area contributed by atoms with Crippen LogP contribution in [0.25, 0.3) is 15.7 Å². The maximum atomic E-state index is 13.7. The van der Waals surface area contributed by atoms with Gasteiger partial charge < -0.3 is 10.6 Å². The van der Waals surface area contributed by atoms with Crippen LogP contribution >= 0.6 is 11.3 Å². The van der Waals surface area contributed by atoms with Crippen molar-refractivity contribution in [3.63, 3.8) is 0 Å². The van der Waals surface area contributed by atoms with Gasteiger partial charge >= 0.3 is 0 Å². The summed E-state index contributed by atoms with van der Waals surface area (Å²) in [4.78, 5) is 30.0. The monoisotopic (exact) mass is 427 g/mol. The molecule has 3 aromatic heterocycles. The molecule has 30 heavy (non-hydrogen) atoms. The second-order valence-electron chi connectivity index (χ2n) is 9.35. The molecule has 0 spiro atoms. The second kappa shape index (κ2) is 6.92. The maximum absolute atomic E-state index is 13.7. The lowest BCUT2D eigenvalue weighted by molar-refractivity contribution is -0.130. The van der Waals surface area contributed by atoms with E-state index in [0.717, 1.165) is 42.0 Å². The van der Waals surface area contributed by atoms with E-state index in [-0.39, 0.29) is 17.4 Å². The zero-order valence-corrected chi connectivity index (χ0v) is 18.6. The molecule has 0 bridgehead atoms. The van der Waals surface area contributed by atoms with Gasteiger partial charge in [0.1, 0.15) is 21.7 Å². The fourth-order valence-corrected chi connectivity index (χ4v) is 5.92. The summed E-state index contributed by atoms with van der Waals surface area (Å²) < 4.78 is 3.38. The molecule has 0 radical (unpaired) electrons. The molecule has 1 aliphatic heterocycles. The highest BCUT2D eigenvalue weighted by Gasteiger charge is 2.47. The lowest BCUT2D eigenvalue weighted by Gasteiger charge is -2.42. The highest BCUT2D eigenvalue weighted by Crippen LogP contribution is 2.37. The average molecular weight is 428 g/mol. The molecule has 2 fully saturated rings. The first-order valence-corrected chi connectivity index (χ1v) is 11.8. The molecule has 1 saturated carbocycles. The Hall–Kier alpha value is -2.19. The number of thiophene rings is 1. The average Bonchev–Trinajstić information content (AvgIpc) is 3.36. The number of amides is 1. The number of likely N-dealkylation sites (tertiary alicyclic amines) is 1. The van der Waals surface area contributed by atoms with Crippen molar-refractivity contribution in [2.75, 3.05) is 13.1 Å². The zero-order valence-electron chi connectivity index (χ0n) is 17.8. The summed E-state index contributed by atoms with van der Waals surface area (Å²) in [5.74, 6) is 0.355. The van der Waals surface area contributed by atoms with E-state index in [2.05, 4.69) is 18.7 Å². The van der Waals surface area contributed by atoms with Crippen molar-refractivity contribution in [1.29, 1.82) is 0 Å². The van der Waals surface area contributed by atoms with Gasteiger partial charge in [-0.05, 0) is 56.7 Å². The Morgan fingerprint density at radius 3 is 2.77 bits per heavy atom. The molecule has 1 amide bonds. The molecule has 8 heteroatoms. The number of hydrogen-bond donors (Lipinski definition) is 1. The summed E-state index contributed by atoms with van der Waals surface area (Å²) >= 11 is 1.60. The number of carbonyl (C=O) groups is 1. The molecule has 2 aliphatic rings. The number of rotatable bonds is 5. The fourth-order valence-electron chi connectivity index (χ4n) is 5.01. The van der Waals surface area contributed by atoms with Crippen molar-refractivity contribution >= 4 is 33.0 Å². The predicted molar refractivity (Wildman–Crippen MR) is 119 cm³/mol. The summed E-state index contributed by atoms with van der Waals surface area (Å²) in [7, 11) is 0. The van der Waals surface area contributed by atoms with Crippen molar-refractivity contribution < 1.29 is 4.79 Å². The van der Waals surface area contributed by atoms with Crippen molar-refractivity contribution in [2.24, 2.45) is 11.7 Å². The molecule has 1 unspecified atom stereocenters. The lowest BCUT2D eigenvalue weighted by atomic mass is 9.79. The third kappa shape index (κ3) is 2.84. The van der Waals surface area contributed by atoms with Crippen molar-refractivity contribution in [3.05, 3.63) is 33.7 Å². The van der Waals surface area contributed by atoms with E-state index in [1.54, 1.807) is 11.3 Å². The van der Waals surface area contributed by atoms with E-state index in [0.29, 0.717) is 11.6 Å². The Morgan fingerprint density at radius 1 is 1.33 bits per heavy atom. The summed E-state index contributed by atoms with van der Waals surface area (Å²) in [5, 5.41) is 7.86. The van der Waals surface area contributed by atoms with Gasteiger partial charge in [0, 0.05) is 29.8 Å². The van der Waals surface area contributed by atoms with E-state index in [4.69, 9.17) is 10.8 Å². The molecule has 7 nitrogen and oxygen atoms in total. The molecular weight excluding hydrogens is 398 g/mol. The van der Waals surface area contributed by atoms with Crippen molar-refractivity contribution in [2.45, 2.75) is 64.0 Å². The van der Waals surface area contributed by atoms with Crippen molar-refractivity contribution in [3.8, 4) is 0 Å². The van der Waals surface area contributed by atoms with Crippen LogP contribution in [0.2, 0.25) is 0 Å². The van der Waals surface area contributed by atoms with E-state index in [1.807, 2.05) is 28.8 Å². The van der Waals surface area contributed by atoms with Gasteiger partial charge in [-0.1, -0.05) is 13.8 Å². The quantitative estimate of drug-likeness (QED) is 0.678. The number of hydrogen-bond acceptors (Lipinski definition) is 5. The molecule has 2 N–H and O–H groups in total.